The van der Waals surface area contributed by atoms with Gasteiger partial charge >= 0.3 is 5.97 Å². The van der Waals surface area contributed by atoms with E-state index >= 15 is 0 Å². The highest BCUT2D eigenvalue weighted by atomic mass is 127. The second kappa shape index (κ2) is 14.8. The van der Waals surface area contributed by atoms with Crippen LogP contribution in [0.15, 0.2) is 54.6 Å². The molecular weight excluding hydrogens is 543 g/mol. The molecule has 0 fully saturated rings. The van der Waals surface area contributed by atoms with Crippen molar-refractivity contribution in [3.63, 3.8) is 0 Å². The van der Waals surface area contributed by atoms with Gasteiger partial charge in [-0.3, -0.25) is 4.79 Å². The Balaban J connectivity index is 3.10. The lowest BCUT2D eigenvalue weighted by atomic mass is 10.1. The highest BCUT2D eigenvalue weighted by Gasteiger charge is 2.39. The van der Waals surface area contributed by atoms with Gasteiger partial charge in [0.2, 0.25) is 0 Å². The summed E-state index contributed by atoms with van der Waals surface area (Å²) in [6.45, 7) is 13.1. The molecule has 0 N–H and O–H groups in total. The maximum atomic E-state index is 13.3. The highest BCUT2D eigenvalue weighted by molar-refractivity contribution is 14.2. The topological polar surface area (TPSA) is 52.6 Å². The third-order valence-corrected chi connectivity index (χ3v) is 13.2. The maximum absolute atomic E-state index is 13.3. The van der Waals surface area contributed by atoms with Crippen LogP contribution in [-0.4, -0.2) is 36.8 Å². The summed E-state index contributed by atoms with van der Waals surface area (Å²) in [5.74, 6) is -0.707. The van der Waals surface area contributed by atoms with E-state index < -0.39 is 35.0 Å². The molecule has 0 saturated heterocycles. The number of carbonyl (C=O) groups excluding carboxylic acids is 2. The lowest BCUT2D eigenvalue weighted by molar-refractivity contribution is -0.133. The number of ketones is 1. The predicted molar refractivity (Wildman–Crippen MR) is 150 cm³/mol. The van der Waals surface area contributed by atoms with E-state index in [4.69, 9.17) is 9.16 Å². The Bertz CT molecular complexity index is 835. The van der Waals surface area contributed by atoms with Crippen LogP contribution in [0.1, 0.15) is 59.8 Å². The summed E-state index contributed by atoms with van der Waals surface area (Å²) in [5.41, 5.74) is 0. The number of hydrogen-bond donors (Lipinski definition) is 0. The molecule has 1 aromatic carbocycles. The molecule has 1 aromatic rings. The summed E-state index contributed by atoms with van der Waals surface area (Å²) in [6.07, 6.45) is 12.6. The van der Waals surface area contributed by atoms with E-state index in [1.54, 1.807) is 0 Å². The Labute approximate surface area is 211 Å². The molecular formula is C27H41IO4Si. The first-order valence-electron chi connectivity index (χ1n) is 11.7. The molecule has 184 valence electrons. The van der Waals surface area contributed by atoms with Crippen LogP contribution in [0.3, 0.4) is 0 Å². The van der Waals surface area contributed by atoms with Gasteiger partial charge in [0.25, 0.3) is 0 Å². The maximum Gasteiger partial charge on any atom is 0.347 e. The number of allylic oxidation sites excluding steroid dienone is 3. The second-order valence-electron chi connectivity index (χ2n) is 9.55. The van der Waals surface area contributed by atoms with Crippen LogP contribution in [0.4, 0.5) is 0 Å². The molecule has 0 radical (unpaired) electrons. The Kier molecular flexibility index (Phi) is 13.3. The number of carbonyl (C=O) groups is 2. The smallest absolute Gasteiger partial charge is 0.347 e. The molecule has 4 nitrogen and oxygen atoms in total. The standard InChI is InChI=1S/C27H41IO4Si/c1-8-9-10-11-12-13-17-20-23(32-33(6,7)27(2,3)4)21-24(29)25(26(30)31-5)28-22-18-15-14-16-19-22/h12-20,23H,8-11,21H2,1-7H3/b13-12+,20-17+. The molecule has 6 heteroatoms. The van der Waals surface area contributed by atoms with Crippen LogP contribution in [0.5, 0.6) is 0 Å². The van der Waals surface area contributed by atoms with Gasteiger partial charge in [0.15, 0.2) is 14.1 Å². The molecule has 0 aliphatic rings. The van der Waals surface area contributed by atoms with Crippen molar-refractivity contribution < 1.29 is 18.8 Å². The van der Waals surface area contributed by atoms with Gasteiger partial charge in [-0.2, -0.15) is 0 Å². The lowest BCUT2D eigenvalue weighted by Crippen LogP contribution is -2.44. The number of methoxy groups -OCH3 is 1. The molecule has 0 aromatic heterocycles. The van der Waals surface area contributed by atoms with Crippen LogP contribution in [0.25, 0.3) is 0 Å². The minimum Gasteiger partial charge on any atom is -0.465 e. The van der Waals surface area contributed by atoms with Gasteiger partial charge in [-0.1, -0.05) is 104 Å². The zero-order valence-electron chi connectivity index (χ0n) is 21.3. The fourth-order valence-corrected chi connectivity index (χ4v) is 6.36. The van der Waals surface area contributed by atoms with Crippen molar-refractivity contribution in [2.45, 2.75) is 84.0 Å². The average molecular weight is 585 g/mol. The van der Waals surface area contributed by atoms with Gasteiger partial charge in [-0.05, 0) is 43.1 Å². The molecule has 1 unspecified atom stereocenters. The quantitative estimate of drug-likeness (QED) is 0.0614. The number of Topliss-reactive ketones (excluding diaryl/α,β-unsaturated/α-hetero) is 1. The molecule has 0 spiro atoms. The van der Waals surface area contributed by atoms with Gasteiger partial charge in [-0.15, -0.1) is 0 Å². The molecule has 0 amide bonds. The monoisotopic (exact) mass is 584 g/mol. The van der Waals surface area contributed by atoms with E-state index in [2.05, 4.69) is 46.9 Å². The van der Waals surface area contributed by atoms with E-state index in [0.717, 1.165) is 9.99 Å². The minimum atomic E-state index is -2.11. The zero-order chi connectivity index (χ0) is 24.9. The molecule has 0 saturated carbocycles. The first-order valence-corrected chi connectivity index (χ1v) is 16.8. The van der Waals surface area contributed by atoms with Crippen LogP contribution in [0.2, 0.25) is 18.1 Å². The summed E-state index contributed by atoms with van der Waals surface area (Å²) in [7, 11) is -0.779. The van der Waals surface area contributed by atoms with Gasteiger partial charge in [0.05, 0.1) is 13.2 Å². The molecule has 0 aliphatic heterocycles. The van der Waals surface area contributed by atoms with Crippen LogP contribution < -0.4 is 0 Å². The summed E-state index contributed by atoms with van der Waals surface area (Å²) >= 11 is -0.931. The molecule has 33 heavy (non-hydrogen) atoms. The summed E-state index contributed by atoms with van der Waals surface area (Å²) in [6, 6.07) is 9.68. The van der Waals surface area contributed by atoms with Crippen LogP contribution >= 0.6 is 20.7 Å². The molecule has 0 aliphatic carbocycles. The summed E-state index contributed by atoms with van der Waals surface area (Å²) in [4.78, 5) is 25.7. The van der Waals surface area contributed by atoms with Crippen LogP contribution in [0, 0.1) is 3.57 Å². The van der Waals surface area contributed by atoms with Crippen molar-refractivity contribution in [3.05, 3.63) is 58.2 Å². The van der Waals surface area contributed by atoms with Crippen molar-refractivity contribution in [3.8, 4) is 0 Å². The summed E-state index contributed by atoms with van der Waals surface area (Å²) < 4.78 is 12.8. The van der Waals surface area contributed by atoms with E-state index in [9.17, 15) is 9.59 Å². The largest absolute Gasteiger partial charge is 0.465 e. The Hall–Kier alpha value is -1.38. The predicted octanol–water partition coefficient (Wildman–Crippen LogP) is 7.21. The Morgan fingerprint density at radius 2 is 1.76 bits per heavy atom. The van der Waals surface area contributed by atoms with Crippen LogP contribution in [-0.2, 0) is 18.8 Å². The Morgan fingerprint density at radius 1 is 1.09 bits per heavy atom. The number of unbranched alkanes of at least 4 members (excludes halogenated alkanes) is 3. The van der Waals surface area contributed by atoms with E-state index in [1.165, 1.54) is 26.4 Å². The van der Waals surface area contributed by atoms with Gasteiger partial charge < -0.3 is 9.16 Å². The fourth-order valence-electron chi connectivity index (χ4n) is 2.73. The lowest BCUT2D eigenvalue weighted by Gasteiger charge is -2.38. The average Bonchev–Trinajstić information content (AvgIpc) is 2.75. The van der Waals surface area contributed by atoms with Crippen molar-refractivity contribution in [1.29, 1.82) is 0 Å². The summed E-state index contributed by atoms with van der Waals surface area (Å²) in [5, 5.41) is 0.0178. The minimum absolute atomic E-state index is 0.0178. The van der Waals surface area contributed by atoms with Crippen molar-refractivity contribution in [1.82, 2.24) is 0 Å². The SMILES string of the molecule is CCCCC/C=C/C=C/C(CC(=O)C(=Ic1ccccc1)C(=O)OC)O[Si](C)(C)C(C)(C)C. The number of halogens is 1. The normalized spacial score (nSPS) is 14.3. The van der Waals surface area contributed by atoms with Crippen molar-refractivity contribution >= 4 is 44.3 Å². The Morgan fingerprint density at radius 3 is 2.33 bits per heavy atom. The molecule has 0 heterocycles. The first kappa shape index (κ1) is 29.6. The van der Waals surface area contributed by atoms with E-state index in [0.29, 0.717) is 0 Å². The highest BCUT2D eigenvalue weighted by Crippen LogP contribution is 2.38. The van der Waals surface area contributed by atoms with Crippen molar-refractivity contribution in [2.75, 3.05) is 7.11 Å². The molecule has 1 rings (SSSR count). The zero-order valence-corrected chi connectivity index (χ0v) is 24.5. The van der Waals surface area contributed by atoms with Crippen molar-refractivity contribution in [2.24, 2.45) is 0 Å². The van der Waals surface area contributed by atoms with E-state index in [1.807, 2.05) is 48.6 Å². The second-order valence-corrected chi connectivity index (χ2v) is 17.2. The number of hydrogen-bond acceptors (Lipinski definition) is 4. The van der Waals surface area contributed by atoms with Gasteiger partial charge in [-0.25, -0.2) is 4.79 Å². The number of benzene rings is 1. The number of rotatable bonds is 13. The third-order valence-electron chi connectivity index (χ3n) is 5.73. The van der Waals surface area contributed by atoms with Gasteiger partial charge in [0, 0.05) is 9.99 Å². The third kappa shape index (κ3) is 11.1. The number of ether oxygens (including phenoxy) is 1. The number of esters is 1. The van der Waals surface area contributed by atoms with E-state index in [-0.39, 0.29) is 26.9 Å². The first-order chi connectivity index (χ1) is 15.5. The molecule has 1 atom stereocenters. The fraction of sp³-hybridized carbons (Fsp3) is 0.519. The molecule has 0 bridgehead atoms. The van der Waals surface area contributed by atoms with Gasteiger partial charge in [0.1, 0.15) is 3.51 Å².